The molecule has 114 valence electrons. The molecule has 0 saturated carbocycles. The maximum Gasteiger partial charge on any atom is 0.266 e. The molecule has 2 aliphatic rings. The van der Waals surface area contributed by atoms with Crippen LogP contribution >= 0.6 is 39.9 Å². The molecule has 4 nitrogen and oxygen atoms in total. The van der Waals surface area contributed by atoms with Crippen molar-refractivity contribution in [2.75, 3.05) is 13.7 Å². The average Bonchev–Trinajstić information content (AvgIpc) is 2.94. The average molecular weight is 398 g/mol. The number of nitrogens with zero attached hydrogens (tertiary/aromatic N) is 1. The fraction of sp³-hybridized carbons (Fsp3) is 0.267. The number of hydrogen-bond acceptors (Lipinski definition) is 5. The van der Waals surface area contributed by atoms with Crippen molar-refractivity contribution in [2.24, 2.45) is 0 Å². The van der Waals surface area contributed by atoms with Crippen LogP contribution < -0.4 is 4.74 Å². The first-order valence-corrected chi connectivity index (χ1v) is 8.67. The lowest BCUT2D eigenvalue weighted by atomic mass is 10.1. The van der Waals surface area contributed by atoms with Gasteiger partial charge in [0.1, 0.15) is 10.1 Å². The minimum Gasteiger partial charge on any atom is -0.496 e. The highest BCUT2D eigenvalue weighted by Gasteiger charge is 2.39. The number of Topliss-reactive ketones (excluding diaryl/α,β-unsaturated/α-hetero) is 1. The zero-order chi connectivity index (χ0) is 16.0. The van der Waals surface area contributed by atoms with Crippen LogP contribution in [0.2, 0.25) is 0 Å². The molecule has 3 rings (SSSR count). The van der Waals surface area contributed by atoms with Crippen LogP contribution in [0.5, 0.6) is 5.75 Å². The third-order valence-electron chi connectivity index (χ3n) is 3.67. The van der Waals surface area contributed by atoms with Crippen LogP contribution in [0.25, 0.3) is 5.57 Å². The summed E-state index contributed by atoms with van der Waals surface area (Å²) in [6.45, 7) is 2.37. The Bertz CT molecular complexity index is 757. The fourth-order valence-electron chi connectivity index (χ4n) is 2.67. The molecule has 1 aliphatic heterocycles. The zero-order valence-electron chi connectivity index (χ0n) is 11.9. The number of benzene rings is 1. The first-order chi connectivity index (χ1) is 10.5. The van der Waals surface area contributed by atoms with Crippen LogP contribution in [0.3, 0.4) is 0 Å². The number of rotatable bonds is 2. The van der Waals surface area contributed by atoms with Gasteiger partial charge in [0.2, 0.25) is 0 Å². The quantitative estimate of drug-likeness (QED) is 0.566. The second-order valence-electron chi connectivity index (χ2n) is 4.86. The Balaban J connectivity index is 2.22. The van der Waals surface area contributed by atoms with Gasteiger partial charge < -0.3 is 4.74 Å². The first-order valence-electron chi connectivity index (χ1n) is 6.65. The summed E-state index contributed by atoms with van der Waals surface area (Å²) in [5.41, 5.74) is 2.04. The summed E-state index contributed by atoms with van der Waals surface area (Å²) in [7, 11) is 1.57. The lowest BCUT2D eigenvalue weighted by molar-refractivity contribution is -0.122. The number of likely N-dealkylation sites (N-methyl/N-ethyl adjacent to an activating group) is 1. The van der Waals surface area contributed by atoms with Crippen molar-refractivity contribution >= 4 is 61.5 Å². The Morgan fingerprint density at radius 1 is 1.41 bits per heavy atom. The summed E-state index contributed by atoms with van der Waals surface area (Å²) < 4.78 is 6.66. The second kappa shape index (κ2) is 5.79. The fourth-order valence-corrected chi connectivity index (χ4v) is 4.59. The summed E-state index contributed by atoms with van der Waals surface area (Å²) in [5, 5.41) is 0. The van der Waals surface area contributed by atoms with Crippen molar-refractivity contribution < 1.29 is 14.3 Å². The van der Waals surface area contributed by atoms with Crippen LogP contribution in [0, 0.1) is 0 Å². The second-order valence-corrected chi connectivity index (χ2v) is 7.42. The molecule has 1 saturated heterocycles. The number of ether oxygens (including phenoxy) is 1. The highest BCUT2D eigenvalue weighted by Crippen LogP contribution is 2.44. The molecule has 0 aromatic heterocycles. The largest absolute Gasteiger partial charge is 0.496 e. The third-order valence-corrected chi connectivity index (χ3v) is 5.58. The van der Waals surface area contributed by atoms with E-state index in [1.807, 2.05) is 19.1 Å². The number of amides is 1. The third kappa shape index (κ3) is 2.31. The molecule has 1 aliphatic carbocycles. The van der Waals surface area contributed by atoms with E-state index in [2.05, 4.69) is 15.9 Å². The van der Waals surface area contributed by atoms with E-state index in [9.17, 15) is 9.59 Å². The number of halogens is 1. The minimum atomic E-state index is -0.187. The molecule has 0 spiro atoms. The van der Waals surface area contributed by atoms with Gasteiger partial charge in [0.05, 0.1) is 12.0 Å². The van der Waals surface area contributed by atoms with E-state index in [-0.39, 0.29) is 18.1 Å². The highest BCUT2D eigenvalue weighted by molar-refractivity contribution is 9.10. The lowest BCUT2D eigenvalue weighted by Crippen LogP contribution is -2.27. The molecule has 1 amide bonds. The van der Waals surface area contributed by atoms with E-state index in [0.717, 1.165) is 15.6 Å². The minimum absolute atomic E-state index is 0.0667. The van der Waals surface area contributed by atoms with Crippen LogP contribution in [0.1, 0.15) is 18.1 Å². The summed E-state index contributed by atoms with van der Waals surface area (Å²) >= 11 is 9.85. The molecular formula is C15H12BrNO3S2. The van der Waals surface area contributed by atoms with E-state index < -0.39 is 0 Å². The van der Waals surface area contributed by atoms with Crippen LogP contribution in [-0.4, -0.2) is 34.6 Å². The molecule has 0 bridgehead atoms. The molecule has 1 fully saturated rings. The number of carbonyl (C=O) groups is 2. The summed E-state index contributed by atoms with van der Waals surface area (Å²) in [6.07, 6.45) is 0.247. The molecule has 0 unspecified atom stereocenters. The molecule has 1 aromatic carbocycles. The number of methoxy groups -OCH3 is 1. The van der Waals surface area contributed by atoms with Gasteiger partial charge in [-0.25, -0.2) is 0 Å². The Kier molecular flexibility index (Phi) is 4.13. The van der Waals surface area contributed by atoms with Gasteiger partial charge in [-0.3, -0.25) is 14.5 Å². The van der Waals surface area contributed by atoms with Crippen molar-refractivity contribution in [3.63, 3.8) is 0 Å². The molecule has 0 N–H and O–H groups in total. The molecule has 1 aromatic rings. The molecular weight excluding hydrogens is 386 g/mol. The summed E-state index contributed by atoms with van der Waals surface area (Å²) in [6, 6.07) is 3.68. The predicted molar refractivity (Wildman–Crippen MR) is 93.9 cm³/mol. The van der Waals surface area contributed by atoms with Crippen molar-refractivity contribution in [3.8, 4) is 5.75 Å². The topological polar surface area (TPSA) is 46.6 Å². The standard InChI is InChI=1S/C15H12BrNO3S2/c1-3-17-14(19)13(22-15(17)21)12-9-4-7(16)5-11(20-2)8(9)6-10(12)18/h4-5H,3,6H2,1-2H3/b13-12-. The first kappa shape index (κ1) is 15.7. The van der Waals surface area contributed by atoms with Gasteiger partial charge in [-0.05, 0) is 24.6 Å². The normalized spacial score (nSPS) is 20.9. The summed E-state index contributed by atoms with van der Waals surface area (Å²) in [5.74, 6) is 0.398. The van der Waals surface area contributed by atoms with Crippen LogP contribution in [0.4, 0.5) is 0 Å². The van der Waals surface area contributed by atoms with E-state index in [1.165, 1.54) is 16.7 Å². The number of hydrogen-bond donors (Lipinski definition) is 0. The van der Waals surface area contributed by atoms with E-state index in [0.29, 0.717) is 27.1 Å². The van der Waals surface area contributed by atoms with Gasteiger partial charge in [0, 0.05) is 28.6 Å². The number of fused-ring (bicyclic) bond motifs is 1. The number of carbonyl (C=O) groups excluding carboxylic acids is 2. The monoisotopic (exact) mass is 397 g/mol. The Hall–Kier alpha value is -1.18. The van der Waals surface area contributed by atoms with E-state index >= 15 is 0 Å². The molecule has 22 heavy (non-hydrogen) atoms. The van der Waals surface area contributed by atoms with Crippen LogP contribution in [0.15, 0.2) is 21.5 Å². The van der Waals surface area contributed by atoms with E-state index in [1.54, 1.807) is 7.11 Å². The van der Waals surface area contributed by atoms with E-state index in [4.69, 9.17) is 17.0 Å². The number of allylic oxidation sites excluding steroid dienone is 1. The van der Waals surface area contributed by atoms with Crippen LogP contribution in [-0.2, 0) is 16.0 Å². The molecule has 1 heterocycles. The predicted octanol–water partition coefficient (Wildman–Crippen LogP) is 3.17. The van der Waals surface area contributed by atoms with Crippen molar-refractivity contribution in [2.45, 2.75) is 13.3 Å². The maximum absolute atomic E-state index is 12.5. The smallest absolute Gasteiger partial charge is 0.266 e. The number of thiocarbonyl (C=S) groups is 1. The molecule has 7 heteroatoms. The SMILES string of the molecule is CCN1C(=O)/C(=C2/C(=O)Cc3c(OC)cc(Br)cc32)SC1=S. The Labute approximate surface area is 146 Å². The zero-order valence-corrected chi connectivity index (χ0v) is 15.2. The van der Waals surface area contributed by atoms with Crippen molar-refractivity contribution in [1.82, 2.24) is 4.90 Å². The maximum atomic E-state index is 12.5. The number of ketones is 1. The Morgan fingerprint density at radius 2 is 2.14 bits per heavy atom. The van der Waals surface area contributed by atoms with Gasteiger partial charge in [-0.2, -0.15) is 0 Å². The Morgan fingerprint density at radius 3 is 2.73 bits per heavy atom. The molecule has 0 atom stereocenters. The highest BCUT2D eigenvalue weighted by atomic mass is 79.9. The van der Waals surface area contributed by atoms with Gasteiger partial charge in [0.25, 0.3) is 5.91 Å². The van der Waals surface area contributed by atoms with Gasteiger partial charge in [-0.15, -0.1) is 0 Å². The van der Waals surface area contributed by atoms with Crippen molar-refractivity contribution in [3.05, 3.63) is 32.6 Å². The van der Waals surface area contributed by atoms with Gasteiger partial charge in [0.15, 0.2) is 5.78 Å². The van der Waals surface area contributed by atoms with Gasteiger partial charge >= 0.3 is 0 Å². The number of thioether (sulfide) groups is 1. The van der Waals surface area contributed by atoms with Crippen molar-refractivity contribution in [1.29, 1.82) is 0 Å². The summed E-state index contributed by atoms with van der Waals surface area (Å²) in [4.78, 5) is 26.9. The lowest BCUT2D eigenvalue weighted by Gasteiger charge is -2.10. The molecule has 0 radical (unpaired) electrons. The van der Waals surface area contributed by atoms with Gasteiger partial charge in [-0.1, -0.05) is 39.9 Å².